The molecule has 0 aliphatic carbocycles. The van der Waals surface area contributed by atoms with Crippen LogP contribution in [0.25, 0.3) is 112 Å². The Hall–Kier alpha value is -9.35. The van der Waals surface area contributed by atoms with Gasteiger partial charge in [0.05, 0.1) is 22.8 Å². The molecule has 103 heavy (non-hydrogen) atoms. The summed E-state index contributed by atoms with van der Waals surface area (Å²) in [6, 6.07) is 73.5. The summed E-state index contributed by atoms with van der Waals surface area (Å²) in [5.74, 6) is 0.412. The van der Waals surface area contributed by atoms with Crippen molar-refractivity contribution in [3.63, 3.8) is 0 Å². The quantitative estimate of drug-likeness (QED) is 0.133. The summed E-state index contributed by atoms with van der Waals surface area (Å²) in [6.45, 7) is 49.6. The Morgan fingerprint density at radius 1 is 0.262 bits per heavy atom. The van der Waals surface area contributed by atoms with E-state index in [1.54, 1.807) is 12.1 Å². The summed E-state index contributed by atoms with van der Waals surface area (Å²) < 4.78 is 0. The fourth-order valence-corrected chi connectivity index (χ4v) is 13.4. The summed E-state index contributed by atoms with van der Waals surface area (Å²) in [7, 11) is 0. The SMILES string of the molecule is Cc1cc(C(C)(C)C)cc(C)c1-c1ccnc(-c2[c-]c(-c3cc(-c4cc(C(C)(C)C)cc(C(C)(C)C)c4)cc(-c4ccccc4O)n3)ccc2)c1.Cc1cc(C(C)(C)C)cc(C)c1-c1ccnc(-c2cccc(-c3cc(-c4cc(C(C)(C)C)cc(C(C)(C)C)c4)cc(-c4ccccc4O)n3)c2)c1.[Pt]. The van der Waals surface area contributed by atoms with E-state index >= 15 is 0 Å². The predicted molar refractivity (Wildman–Crippen MR) is 432 cm³/mol. The molecule has 0 atom stereocenters. The number of hydrogen-bond donors (Lipinski definition) is 2. The third-order valence-electron chi connectivity index (χ3n) is 19.7. The zero-order chi connectivity index (χ0) is 73.8. The normalized spacial score (nSPS) is 12.2. The smallest absolute Gasteiger partial charge is 0.124 e. The van der Waals surface area contributed by atoms with Crippen molar-refractivity contribution in [2.24, 2.45) is 0 Å². The minimum atomic E-state index is -0.0260. The maximum absolute atomic E-state index is 10.9. The largest absolute Gasteiger partial charge is 0.507 e. The van der Waals surface area contributed by atoms with Crippen LogP contribution in [0, 0.1) is 33.8 Å². The van der Waals surface area contributed by atoms with Crippen LogP contribution in [0.15, 0.2) is 213 Å². The molecule has 0 amide bonds. The molecule has 0 saturated carbocycles. The Morgan fingerprint density at radius 2 is 0.563 bits per heavy atom. The van der Waals surface area contributed by atoms with Gasteiger partial charge < -0.3 is 10.2 Å². The molecule has 0 bridgehead atoms. The predicted octanol–water partition coefficient (Wildman–Crippen LogP) is 25.9. The number of hydrogen-bond acceptors (Lipinski definition) is 6. The van der Waals surface area contributed by atoms with E-state index in [1.165, 1.54) is 66.8 Å². The average Bonchev–Trinajstić information content (AvgIpc) is 0.791. The topological polar surface area (TPSA) is 92.0 Å². The first-order valence-electron chi connectivity index (χ1n) is 36.0. The number of para-hydroxylation sites is 2. The number of phenols is 2. The molecular weight excluding hydrogens is 1440 g/mol. The number of aryl methyl sites for hydroxylation is 4. The summed E-state index contributed by atoms with van der Waals surface area (Å²) in [5.41, 5.74) is 32.2. The van der Waals surface area contributed by atoms with Crippen LogP contribution in [-0.4, -0.2) is 30.1 Å². The summed E-state index contributed by atoms with van der Waals surface area (Å²) >= 11 is 0. The molecule has 0 aliphatic rings. The van der Waals surface area contributed by atoms with E-state index in [9.17, 15) is 10.2 Å². The van der Waals surface area contributed by atoms with Crippen LogP contribution in [0.2, 0.25) is 0 Å². The molecule has 2 N–H and O–H groups in total. The van der Waals surface area contributed by atoms with Crippen molar-refractivity contribution in [2.75, 3.05) is 0 Å². The molecule has 6 nitrogen and oxygen atoms in total. The second-order valence-corrected chi connectivity index (χ2v) is 34.3. The van der Waals surface area contributed by atoms with E-state index in [0.717, 1.165) is 84.1 Å². The van der Waals surface area contributed by atoms with Crippen LogP contribution in [-0.2, 0) is 53.6 Å². The van der Waals surface area contributed by atoms with Gasteiger partial charge in [-0.1, -0.05) is 251 Å². The van der Waals surface area contributed by atoms with E-state index < -0.39 is 0 Å². The molecule has 530 valence electrons. The molecule has 0 fully saturated rings. The van der Waals surface area contributed by atoms with Gasteiger partial charge in [0.2, 0.25) is 0 Å². The van der Waals surface area contributed by atoms with Crippen molar-refractivity contribution >= 4 is 0 Å². The molecule has 0 saturated heterocycles. The monoisotopic (exact) mass is 1540 g/mol. The van der Waals surface area contributed by atoms with Crippen LogP contribution < -0.4 is 0 Å². The molecule has 0 radical (unpaired) electrons. The summed E-state index contributed by atoms with van der Waals surface area (Å²) in [6.07, 6.45) is 3.81. The zero-order valence-electron chi connectivity index (χ0n) is 64.7. The Bertz CT molecular complexity index is 4700. The zero-order valence-corrected chi connectivity index (χ0v) is 67.0. The summed E-state index contributed by atoms with van der Waals surface area (Å²) in [4.78, 5) is 20.0. The number of nitrogens with zero attached hydrogens (tertiary/aromatic N) is 4. The van der Waals surface area contributed by atoms with Crippen LogP contribution in [0.3, 0.4) is 0 Å². The molecule has 12 rings (SSSR count). The number of aromatic hydroxyl groups is 2. The van der Waals surface area contributed by atoms with Crippen molar-refractivity contribution in [2.45, 2.75) is 185 Å². The summed E-state index contributed by atoms with van der Waals surface area (Å²) in [5, 5.41) is 21.9. The Morgan fingerprint density at radius 3 is 0.961 bits per heavy atom. The van der Waals surface area contributed by atoms with Gasteiger partial charge in [-0.25, -0.2) is 4.98 Å². The molecule has 0 unspecified atom stereocenters. The number of benzene rings is 8. The first-order chi connectivity index (χ1) is 47.8. The maximum atomic E-state index is 10.9. The van der Waals surface area contributed by atoms with E-state index in [4.69, 9.17) is 19.9 Å². The second-order valence-electron chi connectivity index (χ2n) is 34.3. The Kier molecular flexibility index (Phi) is 21.8. The standard InChI is InChI=1S/C48H52N2O.C48H51N2O.Pt/c2*1-30-21-37(46(3,4)5)22-31(2)45(30)34-19-20-49-41(26-34)32-15-14-16-33(23-32)42-27-36(28-43(50-42)40-17-12-13-18-44(40)51)35-24-38(47(6,7)8)29-39(25-35)48(9,10)11;/h12-29,51H,1-11H3;12-22,24-29,51H,1-11H3;/q;-1;. The average molecular weight is 1540 g/mol. The first-order valence-corrected chi connectivity index (χ1v) is 36.0. The van der Waals surface area contributed by atoms with Crippen molar-refractivity contribution in [1.29, 1.82) is 0 Å². The van der Waals surface area contributed by atoms with Gasteiger partial charge in [-0.3, -0.25) is 15.0 Å². The van der Waals surface area contributed by atoms with Gasteiger partial charge in [0.15, 0.2) is 0 Å². The van der Waals surface area contributed by atoms with Crippen LogP contribution >= 0.6 is 0 Å². The number of rotatable bonds is 10. The maximum Gasteiger partial charge on any atom is 0.124 e. The third kappa shape index (κ3) is 17.5. The van der Waals surface area contributed by atoms with Gasteiger partial charge >= 0.3 is 0 Å². The molecule has 0 spiro atoms. The Labute approximate surface area is 629 Å². The second kappa shape index (κ2) is 29.4. The molecule has 8 aromatic carbocycles. The van der Waals surface area contributed by atoms with Gasteiger partial charge in [-0.15, -0.1) is 24.3 Å². The third-order valence-corrected chi connectivity index (χ3v) is 19.7. The molecule has 4 heterocycles. The van der Waals surface area contributed by atoms with Gasteiger partial charge in [0.1, 0.15) is 11.5 Å². The molecule has 7 heteroatoms. The molecule has 4 aromatic heterocycles. The van der Waals surface area contributed by atoms with Gasteiger partial charge in [-0.2, -0.15) is 0 Å². The fraction of sp³-hybridized carbons (Fsp3) is 0.292. The van der Waals surface area contributed by atoms with E-state index in [1.807, 2.05) is 48.8 Å². The van der Waals surface area contributed by atoms with E-state index in [-0.39, 0.29) is 65.1 Å². The van der Waals surface area contributed by atoms with Crippen LogP contribution in [0.1, 0.15) is 180 Å². The molecule has 12 aromatic rings. The van der Waals surface area contributed by atoms with E-state index in [0.29, 0.717) is 16.8 Å². The minimum Gasteiger partial charge on any atom is -0.507 e. The van der Waals surface area contributed by atoms with Crippen molar-refractivity contribution < 1.29 is 31.3 Å². The van der Waals surface area contributed by atoms with Crippen LogP contribution in [0.4, 0.5) is 0 Å². The van der Waals surface area contributed by atoms with Gasteiger partial charge in [0, 0.05) is 67.1 Å². The number of aromatic nitrogens is 4. The van der Waals surface area contributed by atoms with Gasteiger partial charge in [-0.05, 0) is 227 Å². The number of phenolic OH excluding ortho intramolecular Hbond substituents is 2. The van der Waals surface area contributed by atoms with Crippen molar-refractivity contribution in [1.82, 2.24) is 19.9 Å². The van der Waals surface area contributed by atoms with Crippen molar-refractivity contribution in [3.05, 3.63) is 274 Å². The molecule has 0 aliphatic heterocycles. The Balaban J connectivity index is 0.000000219. The van der Waals surface area contributed by atoms with E-state index in [2.05, 4.69) is 310 Å². The molecular formula is C96H103N4O2Pt-. The van der Waals surface area contributed by atoms with Crippen LogP contribution in [0.5, 0.6) is 11.5 Å². The van der Waals surface area contributed by atoms with Gasteiger partial charge in [0.25, 0.3) is 0 Å². The fourth-order valence-electron chi connectivity index (χ4n) is 13.4. The minimum absolute atomic E-state index is 0. The first kappa shape index (κ1) is 76.3. The number of pyridine rings is 4. The van der Waals surface area contributed by atoms with Crippen molar-refractivity contribution in [3.8, 4) is 124 Å².